The van der Waals surface area contributed by atoms with E-state index in [1.165, 1.54) is 19.4 Å². The van der Waals surface area contributed by atoms with Crippen LogP contribution in [0, 0.1) is 0 Å². The Hall–Kier alpha value is -0.160. The molecule has 1 atom stereocenters. The van der Waals surface area contributed by atoms with Crippen LogP contribution in [-0.2, 0) is 6.42 Å². The Balaban J connectivity index is 2.19. The van der Waals surface area contributed by atoms with Gasteiger partial charge in [-0.25, -0.2) is 0 Å². The third-order valence-corrected chi connectivity index (χ3v) is 5.74. The van der Waals surface area contributed by atoms with Gasteiger partial charge in [-0.15, -0.1) is 11.3 Å². The smallest absolute Gasteiger partial charge is 0.0467 e. The van der Waals surface area contributed by atoms with E-state index in [9.17, 15) is 0 Å². The molecular weight excluding hydrogens is 386 g/mol. The minimum Gasteiger partial charge on any atom is -0.309 e. The van der Waals surface area contributed by atoms with E-state index in [0.717, 1.165) is 19.4 Å². The van der Waals surface area contributed by atoms with Crippen molar-refractivity contribution in [1.82, 2.24) is 5.32 Å². The van der Waals surface area contributed by atoms with E-state index in [1.54, 1.807) is 0 Å². The van der Waals surface area contributed by atoms with E-state index in [4.69, 9.17) is 0 Å². The fraction of sp³-hybridized carbons (Fsp3) is 0.333. The second kappa shape index (κ2) is 7.58. The quantitative estimate of drug-likeness (QED) is 0.667. The summed E-state index contributed by atoms with van der Waals surface area (Å²) < 4.78 is 2.39. The maximum Gasteiger partial charge on any atom is 0.0467 e. The number of hydrogen-bond acceptors (Lipinski definition) is 2. The van der Waals surface area contributed by atoms with Gasteiger partial charge in [0.15, 0.2) is 0 Å². The molecule has 0 radical (unpaired) electrons. The molecule has 0 saturated carbocycles. The monoisotopic (exact) mass is 401 g/mol. The summed E-state index contributed by atoms with van der Waals surface area (Å²) in [5.74, 6) is 0. The molecule has 0 saturated heterocycles. The van der Waals surface area contributed by atoms with Gasteiger partial charge in [-0.1, -0.05) is 41.1 Å². The standard InChI is InChI=1S/C15H17Br2NS/c1-2-8-18-14(15-13(17)7-9-19-15)10-11-5-3-4-6-12(11)16/h3-7,9,14,18H,2,8,10H2,1H3. The van der Waals surface area contributed by atoms with Gasteiger partial charge in [0.05, 0.1) is 0 Å². The first-order valence-corrected chi connectivity index (χ1v) is 8.88. The Labute approximate surface area is 135 Å². The van der Waals surface area contributed by atoms with Crippen LogP contribution in [0.2, 0.25) is 0 Å². The first-order chi connectivity index (χ1) is 9.22. The lowest BCUT2D eigenvalue weighted by Gasteiger charge is -2.19. The number of nitrogens with one attached hydrogen (secondary N) is 1. The van der Waals surface area contributed by atoms with Gasteiger partial charge in [-0.3, -0.25) is 0 Å². The van der Waals surface area contributed by atoms with Crippen LogP contribution in [0.25, 0.3) is 0 Å². The summed E-state index contributed by atoms with van der Waals surface area (Å²) in [5, 5.41) is 5.79. The molecule has 1 nitrogen and oxygen atoms in total. The molecule has 1 aromatic carbocycles. The van der Waals surface area contributed by atoms with E-state index < -0.39 is 0 Å². The minimum atomic E-state index is 0.369. The number of rotatable bonds is 6. The molecule has 0 spiro atoms. The van der Waals surface area contributed by atoms with Crippen molar-refractivity contribution in [3.8, 4) is 0 Å². The molecule has 1 heterocycles. The second-order valence-corrected chi connectivity index (χ2v) is 7.09. The van der Waals surface area contributed by atoms with Crippen molar-refractivity contribution in [2.24, 2.45) is 0 Å². The predicted octanol–water partition coefficient (Wildman–Crippen LogP) is 5.56. The maximum absolute atomic E-state index is 3.65. The first kappa shape index (κ1) is 15.2. The lowest BCUT2D eigenvalue weighted by atomic mass is 10.0. The molecule has 19 heavy (non-hydrogen) atoms. The Morgan fingerprint density at radius 1 is 1.16 bits per heavy atom. The predicted molar refractivity (Wildman–Crippen MR) is 90.9 cm³/mol. The molecule has 2 rings (SSSR count). The Kier molecular flexibility index (Phi) is 6.07. The van der Waals surface area contributed by atoms with Crippen LogP contribution in [0.15, 0.2) is 44.7 Å². The molecule has 0 bridgehead atoms. The van der Waals surface area contributed by atoms with Gasteiger partial charge in [-0.2, -0.15) is 0 Å². The zero-order valence-electron chi connectivity index (χ0n) is 10.8. The molecular formula is C15H17Br2NS. The number of benzene rings is 1. The molecule has 0 aliphatic carbocycles. The molecule has 0 aliphatic heterocycles. The van der Waals surface area contributed by atoms with Gasteiger partial charge in [0.25, 0.3) is 0 Å². The average Bonchev–Trinajstić information content (AvgIpc) is 2.83. The largest absolute Gasteiger partial charge is 0.309 e. The molecule has 2 aromatic rings. The second-order valence-electron chi connectivity index (χ2n) is 4.44. The van der Waals surface area contributed by atoms with E-state index >= 15 is 0 Å². The highest BCUT2D eigenvalue weighted by molar-refractivity contribution is 9.10. The molecule has 1 aromatic heterocycles. The average molecular weight is 403 g/mol. The van der Waals surface area contributed by atoms with E-state index in [2.05, 4.69) is 79.8 Å². The zero-order chi connectivity index (χ0) is 13.7. The fourth-order valence-corrected chi connectivity index (χ4v) is 4.19. The molecule has 4 heteroatoms. The van der Waals surface area contributed by atoms with Crippen molar-refractivity contribution in [2.45, 2.75) is 25.8 Å². The van der Waals surface area contributed by atoms with Gasteiger partial charge in [0.2, 0.25) is 0 Å². The zero-order valence-corrected chi connectivity index (χ0v) is 14.8. The molecule has 1 unspecified atom stereocenters. The van der Waals surface area contributed by atoms with Gasteiger partial charge in [0, 0.05) is 19.9 Å². The summed E-state index contributed by atoms with van der Waals surface area (Å²) in [6.07, 6.45) is 2.15. The molecule has 1 N–H and O–H groups in total. The van der Waals surface area contributed by atoms with Gasteiger partial charge in [-0.05, 0) is 58.4 Å². The summed E-state index contributed by atoms with van der Waals surface area (Å²) >= 11 is 9.10. The highest BCUT2D eigenvalue weighted by atomic mass is 79.9. The lowest BCUT2D eigenvalue weighted by molar-refractivity contribution is 0.534. The summed E-state index contributed by atoms with van der Waals surface area (Å²) in [6.45, 7) is 3.24. The van der Waals surface area contributed by atoms with Crippen molar-refractivity contribution in [2.75, 3.05) is 6.54 Å². The van der Waals surface area contributed by atoms with Gasteiger partial charge >= 0.3 is 0 Å². The van der Waals surface area contributed by atoms with Crippen LogP contribution < -0.4 is 5.32 Å². The molecule has 0 aliphatic rings. The summed E-state index contributed by atoms with van der Waals surface area (Å²) in [4.78, 5) is 1.38. The summed E-state index contributed by atoms with van der Waals surface area (Å²) in [7, 11) is 0. The highest BCUT2D eigenvalue weighted by Crippen LogP contribution is 2.32. The van der Waals surface area contributed by atoms with Crippen LogP contribution in [0.1, 0.15) is 29.8 Å². The summed E-state index contributed by atoms with van der Waals surface area (Å²) in [5.41, 5.74) is 1.34. The van der Waals surface area contributed by atoms with Crippen molar-refractivity contribution >= 4 is 43.2 Å². The van der Waals surface area contributed by atoms with Crippen molar-refractivity contribution in [3.63, 3.8) is 0 Å². The fourth-order valence-electron chi connectivity index (χ4n) is 2.01. The SMILES string of the molecule is CCCNC(Cc1ccccc1Br)c1sccc1Br. The molecule has 102 valence electrons. The summed E-state index contributed by atoms with van der Waals surface area (Å²) in [6, 6.07) is 10.9. The van der Waals surface area contributed by atoms with Crippen LogP contribution >= 0.6 is 43.2 Å². The third-order valence-electron chi connectivity index (χ3n) is 2.98. The van der Waals surface area contributed by atoms with Gasteiger partial charge in [0.1, 0.15) is 0 Å². The van der Waals surface area contributed by atoms with Crippen molar-refractivity contribution in [3.05, 3.63) is 55.1 Å². The number of halogens is 2. The van der Waals surface area contributed by atoms with E-state index in [-0.39, 0.29) is 0 Å². The lowest BCUT2D eigenvalue weighted by Crippen LogP contribution is -2.23. The molecule has 0 amide bonds. The normalized spacial score (nSPS) is 12.6. The van der Waals surface area contributed by atoms with E-state index in [1.807, 2.05) is 11.3 Å². The minimum absolute atomic E-state index is 0.369. The molecule has 0 fully saturated rings. The van der Waals surface area contributed by atoms with Crippen LogP contribution in [0.4, 0.5) is 0 Å². The third kappa shape index (κ3) is 4.15. The highest BCUT2D eigenvalue weighted by Gasteiger charge is 2.16. The van der Waals surface area contributed by atoms with Crippen LogP contribution in [0.3, 0.4) is 0 Å². The van der Waals surface area contributed by atoms with Crippen molar-refractivity contribution < 1.29 is 0 Å². The van der Waals surface area contributed by atoms with E-state index in [0.29, 0.717) is 6.04 Å². The van der Waals surface area contributed by atoms with Crippen LogP contribution in [-0.4, -0.2) is 6.54 Å². The van der Waals surface area contributed by atoms with Crippen molar-refractivity contribution in [1.29, 1.82) is 0 Å². The Bertz CT molecular complexity index is 524. The van der Waals surface area contributed by atoms with Crippen LogP contribution in [0.5, 0.6) is 0 Å². The maximum atomic E-state index is 3.65. The Morgan fingerprint density at radius 3 is 2.58 bits per heavy atom. The van der Waals surface area contributed by atoms with Gasteiger partial charge < -0.3 is 5.32 Å². The first-order valence-electron chi connectivity index (χ1n) is 6.42. The number of hydrogen-bond donors (Lipinski definition) is 1. The topological polar surface area (TPSA) is 12.0 Å². The number of thiophene rings is 1. The Morgan fingerprint density at radius 2 is 1.95 bits per heavy atom.